The molecule has 0 aromatic heterocycles. The van der Waals surface area contributed by atoms with Crippen molar-refractivity contribution in [2.75, 3.05) is 6.61 Å². The average Bonchev–Trinajstić information content (AvgIpc) is 2.31. The van der Waals surface area contributed by atoms with E-state index >= 15 is 0 Å². The Morgan fingerprint density at radius 2 is 2.00 bits per heavy atom. The van der Waals surface area contributed by atoms with Gasteiger partial charge in [-0.25, -0.2) is 0 Å². The standard InChI is InChI=1S/C10H10O4.C2H6/c11-10(12)5-7-6-13-8-3-1-2-4-9(8)14-7;1-2/h1-4,7H,5-6H2,(H,11,12);1-2H3. The van der Waals surface area contributed by atoms with Crippen molar-refractivity contribution in [2.24, 2.45) is 0 Å². The second-order valence-electron chi connectivity index (χ2n) is 3.10. The lowest BCUT2D eigenvalue weighted by Gasteiger charge is -2.25. The predicted molar refractivity (Wildman–Crippen MR) is 60.0 cm³/mol. The highest BCUT2D eigenvalue weighted by Gasteiger charge is 2.22. The van der Waals surface area contributed by atoms with Crippen molar-refractivity contribution in [2.45, 2.75) is 26.4 Å². The third-order valence-corrected chi connectivity index (χ3v) is 1.97. The van der Waals surface area contributed by atoms with Crippen molar-refractivity contribution in [1.82, 2.24) is 0 Å². The third-order valence-electron chi connectivity index (χ3n) is 1.97. The average molecular weight is 224 g/mol. The SMILES string of the molecule is CC.O=C(O)CC1COc2ccccc2O1. The summed E-state index contributed by atoms with van der Waals surface area (Å²) in [6.45, 7) is 4.29. The smallest absolute Gasteiger partial charge is 0.307 e. The lowest BCUT2D eigenvalue weighted by molar-refractivity contribution is -0.139. The molecule has 1 N–H and O–H groups in total. The molecule has 2 rings (SSSR count). The second kappa shape index (κ2) is 6.00. The van der Waals surface area contributed by atoms with E-state index in [2.05, 4.69) is 0 Å². The molecule has 88 valence electrons. The van der Waals surface area contributed by atoms with E-state index in [1.54, 1.807) is 12.1 Å². The Bertz CT molecular complexity index is 349. The van der Waals surface area contributed by atoms with Gasteiger partial charge in [-0.15, -0.1) is 0 Å². The molecule has 1 heterocycles. The molecule has 0 saturated heterocycles. The highest BCUT2D eigenvalue weighted by atomic mass is 16.6. The van der Waals surface area contributed by atoms with Gasteiger partial charge in [0.05, 0.1) is 6.42 Å². The Morgan fingerprint density at radius 3 is 2.62 bits per heavy atom. The molecule has 4 heteroatoms. The number of aliphatic carboxylic acids is 1. The highest BCUT2D eigenvalue weighted by Crippen LogP contribution is 2.31. The molecular formula is C12H16O4. The molecule has 0 fully saturated rings. The van der Waals surface area contributed by atoms with Gasteiger partial charge in [0.25, 0.3) is 0 Å². The van der Waals surface area contributed by atoms with E-state index in [-0.39, 0.29) is 12.5 Å². The molecule has 1 atom stereocenters. The van der Waals surface area contributed by atoms with Crippen LogP contribution in [0.2, 0.25) is 0 Å². The summed E-state index contributed by atoms with van der Waals surface area (Å²) >= 11 is 0. The molecule has 1 unspecified atom stereocenters. The molecule has 1 aliphatic rings. The Hall–Kier alpha value is -1.71. The van der Waals surface area contributed by atoms with Crippen LogP contribution >= 0.6 is 0 Å². The first-order chi connectivity index (χ1) is 7.75. The van der Waals surface area contributed by atoms with Crippen LogP contribution in [0.15, 0.2) is 24.3 Å². The minimum atomic E-state index is -0.877. The summed E-state index contributed by atoms with van der Waals surface area (Å²) in [5, 5.41) is 8.58. The van der Waals surface area contributed by atoms with Crippen molar-refractivity contribution < 1.29 is 19.4 Å². The summed E-state index contributed by atoms with van der Waals surface area (Å²) in [5.74, 6) is 0.414. The zero-order chi connectivity index (χ0) is 12.0. The number of ether oxygens (including phenoxy) is 2. The van der Waals surface area contributed by atoms with Crippen molar-refractivity contribution in [3.63, 3.8) is 0 Å². The van der Waals surface area contributed by atoms with Gasteiger partial charge in [-0.2, -0.15) is 0 Å². The number of para-hydroxylation sites is 2. The maximum Gasteiger partial charge on any atom is 0.307 e. The molecule has 4 nitrogen and oxygen atoms in total. The van der Waals surface area contributed by atoms with E-state index in [1.165, 1.54) is 0 Å². The zero-order valence-electron chi connectivity index (χ0n) is 9.47. The number of hydrogen-bond acceptors (Lipinski definition) is 3. The first-order valence-corrected chi connectivity index (χ1v) is 5.36. The van der Waals surface area contributed by atoms with Gasteiger partial charge in [-0.05, 0) is 12.1 Å². The van der Waals surface area contributed by atoms with E-state index in [1.807, 2.05) is 26.0 Å². The summed E-state index contributed by atoms with van der Waals surface area (Å²) in [6, 6.07) is 7.24. The third kappa shape index (κ3) is 3.15. The largest absolute Gasteiger partial charge is 0.486 e. The van der Waals surface area contributed by atoms with Crippen molar-refractivity contribution in [3.8, 4) is 11.5 Å². The van der Waals surface area contributed by atoms with Crippen LogP contribution in [0.1, 0.15) is 20.3 Å². The number of rotatable bonds is 2. The molecule has 0 radical (unpaired) electrons. The van der Waals surface area contributed by atoms with E-state index in [0.29, 0.717) is 18.1 Å². The maximum absolute atomic E-state index is 10.4. The minimum Gasteiger partial charge on any atom is -0.486 e. The van der Waals surface area contributed by atoms with Crippen LogP contribution in [0.25, 0.3) is 0 Å². The Labute approximate surface area is 94.8 Å². The summed E-state index contributed by atoms with van der Waals surface area (Å²) in [5.41, 5.74) is 0. The maximum atomic E-state index is 10.4. The van der Waals surface area contributed by atoms with Crippen LogP contribution in [0.5, 0.6) is 11.5 Å². The van der Waals surface area contributed by atoms with Crippen molar-refractivity contribution in [3.05, 3.63) is 24.3 Å². The Kier molecular flexibility index (Phi) is 4.64. The molecule has 0 saturated carbocycles. The second-order valence-corrected chi connectivity index (χ2v) is 3.10. The molecule has 0 aliphatic carbocycles. The zero-order valence-corrected chi connectivity index (χ0v) is 9.47. The molecule has 1 aliphatic heterocycles. The number of carboxylic acid groups (broad SMARTS) is 1. The van der Waals surface area contributed by atoms with Gasteiger partial charge in [0.15, 0.2) is 11.5 Å². The van der Waals surface area contributed by atoms with E-state index in [0.717, 1.165) is 0 Å². The van der Waals surface area contributed by atoms with E-state index < -0.39 is 5.97 Å². The summed E-state index contributed by atoms with van der Waals surface area (Å²) in [7, 11) is 0. The summed E-state index contributed by atoms with van der Waals surface area (Å²) < 4.78 is 10.8. The number of hydrogen-bond donors (Lipinski definition) is 1. The van der Waals surface area contributed by atoms with Crippen LogP contribution in [0.4, 0.5) is 0 Å². The first kappa shape index (κ1) is 12.4. The fourth-order valence-corrected chi connectivity index (χ4v) is 1.36. The Morgan fingerprint density at radius 1 is 1.38 bits per heavy atom. The fraction of sp³-hybridized carbons (Fsp3) is 0.417. The fourth-order valence-electron chi connectivity index (χ4n) is 1.36. The van der Waals surface area contributed by atoms with Gasteiger partial charge in [0.2, 0.25) is 0 Å². The van der Waals surface area contributed by atoms with Gasteiger partial charge < -0.3 is 14.6 Å². The minimum absolute atomic E-state index is 0.0334. The quantitative estimate of drug-likeness (QED) is 0.837. The van der Waals surface area contributed by atoms with Crippen LogP contribution in [0.3, 0.4) is 0 Å². The van der Waals surface area contributed by atoms with Gasteiger partial charge in [0.1, 0.15) is 12.7 Å². The van der Waals surface area contributed by atoms with Crippen LogP contribution in [0, 0.1) is 0 Å². The lowest BCUT2D eigenvalue weighted by Crippen LogP contribution is -2.31. The van der Waals surface area contributed by atoms with Crippen LogP contribution in [-0.4, -0.2) is 23.8 Å². The number of fused-ring (bicyclic) bond motifs is 1. The molecule has 0 amide bonds. The summed E-state index contributed by atoms with van der Waals surface area (Å²) in [4.78, 5) is 10.4. The molecular weight excluding hydrogens is 208 g/mol. The lowest BCUT2D eigenvalue weighted by atomic mass is 10.2. The molecule has 1 aromatic carbocycles. The topological polar surface area (TPSA) is 55.8 Å². The van der Waals surface area contributed by atoms with Crippen LogP contribution in [-0.2, 0) is 4.79 Å². The predicted octanol–water partition coefficient (Wildman–Crippen LogP) is 2.33. The van der Waals surface area contributed by atoms with Gasteiger partial charge >= 0.3 is 5.97 Å². The molecule has 0 spiro atoms. The normalized spacial score (nSPS) is 17.0. The van der Waals surface area contributed by atoms with Gasteiger partial charge in [0, 0.05) is 0 Å². The van der Waals surface area contributed by atoms with Gasteiger partial charge in [-0.1, -0.05) is 26.0 Å². The van der Waals surface area contributed by atoms with Crippen LogP contribution < -0.4 is 9.47 Å². The molecule has 16 heavy (non-hydrogen) atoms. The molecule has 0 bridgehead atoms. The van der Waals surface area contributed by atoms with E-state index in [4.69, 9.17) is 14.6 Å². The summed E-state index contributed by atoms with van der Waals surface area (Å²) in [6.07, 6.45) is -0.420. The Balaban J connectivity index is 0.000000606. The number of carboxylic acids is 1. The highest BCUT2D eigenvalue weighted by molar-refractivity contribution is 5.67. The van der Waals surface area contributed by atoms with E-state index in [9.17, 15) is 4.79 Å². The number of carbonyl (C=O) groups is 1. The van der Waals surface area contributed by atoms with Crippen molar-refractivity contribution in [1.29, 1.82) is 0 Å². The monoisotopic (exact) mass is 224 g/mol. The van der Waals surface area contributed by atoms with Gasteiger partial charge in [-0.3, -0.25) is 4.79 Å². The first-order valence-electron chi connectivity index (χ1n) is 5.36. The molecule has 1 aromatic rings. The number of benzene rings is 1. The van der Waals surface area contributed by atoms with Crippen molar-refractivity contribution >= 4 is 5.97 Å².